The van der Waals surface area contributed by atoms with Crippen LogP contribution in [0, 0.1) is 5.82 Å². The van der Waals surface area contributed by atoms with Crippen LogP contribution in [0.3, 0.4) is 0 Å². The molecule has 1 atom stereocenters. The summed E-state index contributed by atoms with van der Waals surface area (Å²) in [6.45, 7) is 2.11. The highest BCUT2D eigenvalue weighted by Gasteiger charge is 2.27. The number of hydrogen-bond donors (Lipinski definition) is 0. The van der Waals surface area contributed by atoms with Gasteiger partial charge in [0.2, 0.25) is 0 Å². The highest BCUT2D eigenvalue weighted by molar-refractivity contribution is 5.32. The molecule has 1 aromatic rings. The van der Waals surface area contributed by atoms with Crippen molar-refractivity contribution in [3.63, 3.8) is 0 Å². The Balaban J connectivity index is 2.43. The summed E-state index contributed by atoms with van der Waals surface area (Å²) in [6, 6.07) is 7.09. The number of rotatable bonds is 1. The van der Waals surface area contributed by atoms with Crippen molar-refractivity contribution < 1.29 is 4.39 Å². The Labute approximate surface area is 84.5 Å². The fourth-order valence-corrected chi connectivity index (χ4v) is 2.16. The highest BCUT2D eigenvalue weighted by Crippen LogP contribution is 2.35. The monoisotopic (exact) mass is 190 g/mol. The zero-order valence-electron chi connectivity index (χ0n) is 8.46. The maximum atomic E-state index is 13.6. The minimum absolute atomic E-state index is 0.0819. The maximum Gasteiger partial charge on any atom is 0.127 e. The second-order valence-electron chi connectivity index (χ2n) is 4.19. The number of halogens is 1. The Morgan fingerprint density at radius 1 is 1.29 bits per heavy atom. The molecule has 1 aliphatic carbocycles. The van der Waals surface area contributed by atoms with Gasteiger partial charge in [0.1, 0.15) is 5.82 Å². The van der Waals surface area contributed by atoms with Crippen molar-refractivity contribution in [2.24, 2.45) is 0 Å². The predicted octanol–water partition coefficient (Wildman–Crippen LogP) is 3.82. The van der Waals surface area contributed by atoms with Crippen LogP contribution in [-0.2, 0) is 5.41 Å². The summed E-state index contributed by atoms with van der Waals surface area (Å²) in [6.07, 6.45) is 7.64. The van der Waals surface area contributed by atoms with Gasteiger partial charge in [-0.1, -0.05) is 37.3 Å². The zero-order valence-corrected chi connectivity index (χ0v) is 8.46. The van der Waals surface area contributed by atoms with Crippen molar-refractivity contribution in [3.05, 3.63) is 47.8 Å². The first-order valence-electron chi connectivity index (χ1n) is 5.15. The molecule has 1 heteroatoms. The van der Waals surface area contributed by atoms with Crippen LogP contribution in [0.2, 0.25) is 0 Å². The normalized spacial score (nSPS) is 26.4. The molecule has 0 aromatic heterocycles. The Morgan fingerprint density at radius 2 is 2.07 bits per heavy atom. The van der Waals surface area contributed by atoms with Gasteiger partial charge in [0.25, 0.3) is 0 Å². The van der Waals surface area contributed by atoms with E-state index in [0.717, 1.165) is 24.8 Å². The van der Waals surface area contributed by atoms with Crippen LogP contribution in [0.5, 0.6) is 0 Å². The average molecular weight is 190 g/mol. The van der Waals surface area contributed by atoms with E-state index in [0.29, 0.717) is 0 Å². The molecule has 0 saturated carbocycles. The van der Waals surface area contributed by atoms with Gasteiger partial charge in [-0.15, -0.1) is 0 Å². The third-order valence-electron chi connectivity index (χ3n) is 3.04. The van der Waals surface area contributed by atoms with Crippen molar-refractivity contribution in [1.29, 1.82) is 0 Å². The van der Waals surface area contributed by atoms with E-state index in [-0.39, 0.29) is 11.2 Å². The van der Waals surface area contributed by atoms with E-state index in [4.69, 9.17) is 0 Å². The maximum absolute atomic E-state index is 13.6. The van der Waals surface area contributed by atoms with Gasteiger partial charge in [-0.25, -0.2) is 4.39 Å². The number of benzene rings is 1. The molecule has 2 rings (SSSR count). The molecule has 74 valence electrons. The zero-order chi connectivity index (χ0) is 10.0. The van der Waals surface area contributed by atoms with Gasteiger partial charge in [-0.05, 0) is 30.9 Å². The Kier molecular flexibility index (Phi) is 2.40. The SMILES string of the molecule is CC1(c2ccccc2F)C=CCCC1. The Hall–Kier alpha value is -1.11. The third kappa shape index (κ3) is 1.59. The standard InChI is InChI=1S/C13H15F/c1-13(9-5-2-6-10-13)11-7-3-4-8-12(11)14/h3-5,7-9H,2,6,10H2,1H3. The predicted molar refractivity (Wildman–Crippen MR) is 56.7 cm³/mol. The van der Waals surface area contributed by atoms with Crippen molar-refractivity contribution in [2.45, 2.75) is 31.6 Å². The van der Waals surface area contributed by atoms with Crippen LogP contribution in [-0.4, -0.2) is 0 Å². The van der Waals surface area contributed by atoms with Crippen molar-refractivity contribution >= 4 is 0 Å². The fraction of sp³-hybridized carbons (Fsp3) is 0.385. The molecule has 0 heterocycles. The first kappa shape index (κ1) is 9.45. The summed E-state index contributed by atoms with van der Waals surface area (Å²) in [5, 5.41) is 0. The van der Waals surface area contributed by atoms with Crippen molar-refractivity contribution in [2.75, 3.05) is 0 Å². The molecule has 0 spiro atoms. The van der Waals surface area contributed by atoms with Crippen molar-refractivity contribution in [3.8, 4) is 0 Å². The van der Waals surface area contributed by atoms with Crippen molar-refractivity contribution in [1.82, 2.24) is 0 Å². The summed E-state index contributed by atoms with van der Waals surface area (Å²) >= 11 is 0. The first-order valence-corrected chi connectivity index (χ1v) is 5.15. The van der Waals surface area contributed by atoms with E-state index in [1.54, 1.807) is 12.1 Å². The van der Waals surface area contributed by atoms with Gasteiger partial charge < -0.3 is 0 Å². The van der Waals surface area contributed by atoms with Crippen LogP contribution >= 0.6 is 0 Å². The van der Waals surface area contributed by atoms with E-state index in [2.05, 4.69) is 19.1 Å². The summed E-state index contributed by atoms with van der Waals surface area (Å²) in [7, 11) is 0. The van der Waals surface area contributed by atoms with E-state index in [9.17, 15) is 4.39 Å². The Morgan fingerprint density at radius 3 is 2.71 bits per heavy atom. The second-order valence-corrected chi connectivity index (χ2v) is 4.19. The molecule has 1 aliphatic rings. The molecule has 0 fully saturated rings. The summed E-state index contributed by atoms with van der Waals surface area (Å²) < 4.78 is 13.6. The van der Waals surface area contributed by atoms with Crippen LogP contribution in [0.25, 0.3) is 0 Å². The molecule has 0 amide bonds. The molecule has 0 nitrogen and oxygen atoms in total. The van der Waals surface area contributed by atoms with Crippen LogP contribution in [0.4, 0.5) is 4.39 Å². The van der Waals surface area contributed by atoms with Gasteiger partial charge in [0.15, 0.2) is 0 Å². The molecule has 0 N–H and O–H groups in total. The minimum Gasteiger partial charge on any atom is -0.207 e. The molecular formula is C13H15F. The minimum atomic E-state index is -0.0937. The molecule has 14 heavy (non-hydrogen) atoms. The smallest absolute Gasteiger partial charge is 0.127 e. The lowest BCUT2D eigenvalue weighted by Crippen LogP contribution is -2.22. The lowest BCUT2D eigenvalue weighted by atomic mass is 9.75. The quantitative estimate of drug-likeness (QED) is 0.590. The second kappa shape index (κ2) is 3.56. The number of allylic oxidation sites excluding steroid dienone is 2. The topological polar surface area (TPSA) is 0 Å². The molecule has 0 bridgehead atoms. The Bertz CT molecular complexity index is 354. The van der Waals surface area contributed by atoms with Gasteiger partial charge in [0.05, 0.1) is 0 Å². The van der Waals surface area contributed by atoms with Crippen LogP contribution < -0.4 is 0 Å². The van der Waals surface area contributed by atoms with Gasteiger partial charge in [0, 0.05) is 5.41 Å². The number of hydrogen-bond acceptors (Lipinski definition) is 0. The van der Waals surface area contributed by atoms with E-state index in [1.807, 2.05) is 12.1 Å². The van der Waals surface area contributed by atoms with Gasteiger partial charge in [-0.3, -0.25) is 0 Å². The fourth-order valence-electron chi connectivity index (χ4n) is 2.16. The third-order valence-corrected chi connectivity index (χ3v) is 3.04. The van der Waals surface area contributed by atoms with Crippen LogP contribution in [0.15, 0.2) is 36.4 Å². The van der Waals surface area contributed by atoms with E-state index in [1.165, 1.54) is 0 Å². The van der Waals surface area contributed by atoms with Crippen LogP contribution in [0.1, 0.15) is 31.7 Å². The molecule has 1 unspecified atom stereocenters. The molecule has 0 aliphatic heterocycles. The summed E-state index contributed by atoms with van der Waals surface area (Å²) in [5.74, 6) is -0.0819. The van der Waals surface area contributed by atoms with Gasteiger partial charge in [-0.2, -0.15) is 0 Å². The summed E-state index contributed by atoms with van der Waals surface area (Å²) in [5.41, 5.74) is 0.736. The van der Waals surface area contributed by atoms with Gasteiger partial charge >= 0.3 is 0 Å². The molecule has 0 saturated heterocycles. The average Bonchev–Trinajstić information content (AvgIpc) is 2.19. The molecule has 1 aromatic carbocycles. The lowest BCUT2D eigenvalue weighted by Gasteiger charge is -2.29. The highest BCUT2D eigenvalue weighted by atomic mass is 19.1. The largest absolute Gasteiger partial charge is 0.207 e. The lowest BCUT2D eigenvalue weighted by molar-refractivity contribution is 0.466. The first-order chi connectivity index (χ1) is 6.72. The van der Waals surface area contributed by atoms with E-state index >= 15 is 0 Å². The van der Waals surface area contributed by atoms with E-state index < -0.39 is 0 Å². The molecular weight excluding hydrogens is 175 g/mol. The summed E-state index contributed by atoms with van der Waals surface area (Å²) in [4.78, 5) is 0. The molecule has 0 radical (unpaired) electrons.